The Morgan fingerprint density at radius 1 is 0.850 bits per heavy atom. The molecule has 0 unspecified atom stereocenters. The fourth-order valence-electron chi connectivity index (χ4n) is 3.28. The van der Waals surface area contributed by atoms with Gasteiger partial charge in [-0.05, 0) is 57.1 Å². The first-order valence-electron chi connectivity index (χ1n) is 8.15. The van der Waals surface area contributed by atoms with Crippen molar-refractivity contribution in [3.8, 4) is 0 Å². The molecule has 0 fully saturated rings. The summed E-state index contributed by atoms with van der Waals surface area (Å²) in [5.74, 6) is 2.41. The first-order chi connectivity index (χ1) is 9.86. The molecule has 0 aromatic carbocycles. The molecule has 3 rings (SSSR count). The van der Waals surface area contributed by atoms with Crippen LogP contribution in [-0.2, 0) is 9.47 Å². The first-order valence-corrected chi connectivity index (χ1v) is 8.15. The quantitative estimate of drug-likeness (QED) is 0.643. The lowest BCUT2D eigenvalue weighted by atomic mass is 9.78. The molecule has 0 amide bonds. The fourth-order valence-corrected chi connectivity index (χ4v) is 3.28. The Kier molecular flexibility index (Phi) is 4.49. The van der Waals surface area contributed by atoms with Gasteiger partial charge in [0.2, 0.25) is 0 Å². The highest BCUT2D eigenvalue weighted by Crippen LogP contribution is 2.36. The average Bonchev–Trinajstić information content (AvgIpc) is 3.18. The Morgan fingerprint density at radius 2 is 1.50 bits per heavy atom. The lowest BCUT2D eigenvalue weighted by Crippen LogP contribution is -2.33. The molecule has 0 aromatic rings. The maximum Gasteiger partial charge on any atom is 0.0969 e. The highest BCUT2D eigenvalue weighted by Gasteiger charge is 2.33. The number of hydrogen-bond acceptors (Lipinski definition) is 2. The van der Waals surface area contributed by atoms with Gasteiger partial charge in [0.15, 0.2) is 0 Å². The average molecular weight is 274 g/mol. The van der Waals surface area contributed by atoms with Gasteiger partial charge >= 0.3 is 0 Å². The van der Waals surface area contributed by atoms with Crippen molar-refractivity contribution >= 4 is 0 Å². The molecule has 0 spiro atoms. The van der Waals surface area contributed by atoms with Crippen LogP contribution in [0.5, 0.6) is 0 Å². The summed E-state index contributed by atoms with van der Waals surface area (Å²) in [5.41, 5.74) is 0.182. The van der Waals surface area contributed by atoms with E-state index in [2.05, 4.69) is 24.3 Å². The van der Waals surface area contributed by atoms with Crippen molar-refractivity contribution in [2.75, 3.05) is 13.2 Å². The van der Waals surface area contributed by atoms with Gasteiger partial charge < -0.3 is 9.47 Å². The molecular formula is C18H26O2. The third kappa shape index (κ3) is 3.47. The minimum Gasteiger partial charge on any atom is -0.498 e. The van der Waals surface area contributed by atoms with Crippen molar-refractivity contribution in [3.63, 3.8) is 0 Å². The predicted molar refractivity (Wildman–Crippen MR) is 81.2 cm³/mol. The lowest BCUT2D eigenvalue weighted by molar-refractivity contribution is 0.0118. The first kappa shape index (κ1) is 13.8. The Bertz CT molecular complexity index is 389. The molecule has 2 nitrogen and oxygen atoms in total. The number of allylic oxidation sites excluding steroid dienone is 6. The van der Waals surface area contributed by atoms with Crippen LogP contribution in [0.15, 0.2) is 35.8 Å². The van der Waals surface area contributed by atoms with Crippen LogP contribution in [0.3, 0.4) is 0 Å². The molecular weight excluding hydrogens is 248 g/mol. The molecule has 2 heteroatoms. The van der Waals surface area contributed by atoms with E-state index < -0.39 is 0 Å². The minimum atomic E-state index is 0.182. The zero-order chi connectivity index (χ0) is 13.7. The van der Waals surface area contributed by atoms with Gasteiger partial charge in [-0.25, -0.2) is 0 Å². The molecule has 0 saturated heterocycles. The molecule has 3 aliphatic rings. The summed E-state index contributed by atoms with van der Waals surface area (Å²) in [6.45, 7) is 1.63. The van der Waals surface area contributed by atoms with Crippen molar-refractivity contribution in [1.82, 2.24) is 0 Å². The molecule has 0 saturated carbocycles. The second-order valence-corrected chi connectivity index (χ2v) is 6.42. The van der Waals surface area contributed by atoms with Gasteiger partial charge in [0.1, 0.15) is 0 Å². The molecule has 20 heavy (non-hydrogen) atoms. The summed E-state index contributed by atoms with van der Waals surface area (Å²) in [7, 11) is 0. The summed E-state index contributed by atoms with van der Waals surface area (Å²) in [4.78, 5) is 0. The Labute approximate surface area is 122 Å². The fraction of sp³-hybridized carbons (Fsp3) is 0.667. The SMILES string of the molecule is C1=CCC(COC2=CCCC2)(COC2=CCCC2)CC1. The standard InChI is InChI=1S/C18H26O2/c1-6-12-18(13-7-1,14-19-16-8-2-3-9-16)15-20-17-10-4-5-11-17/h1,6,8,10H,2-5,7,9,11-15H2. The second-order valence-electron chi connectivity index (χ2n) is 6.42. The highest BCUT2D eigenvalue weighted by atomic mass is 16.5. The summed E-state index contributed by atoms with van der Waals surface area (Å²) in [6, 6.07) is 0. The Morgan fingerprint density at radius 3 is 1.95 bits per heavy atom. The van der Waals surface area contributed by atoms with E-state index in [1.54, 1.807) is 0 Å². The molecule has 0 aliphatic heterocycles. The van der Waals surface area contributed by atoms with Crippen molar-refractivity contribution in [2.45, 2.75) is 57.8 Å². The topological polar surface area (TPSA) is 18.5 Å². The van der Waals surface area contributed by atoms with Crippen molar-refractivity contribution in [3.05, 3.63) is 35.8 Å². The molecule has 0 aromatic heterocycles. The van der Waals surface area contributed by atoms with Crippen molar-refractivity contribution in [1.29, 1.82) is 0 Å². The van der Waals surface area contributed by atoms with Crippen LogP contribution < -0.4 is 0 Å². The highest BCUT2D eigenvalue weighted by molar-refractivity contribution is 5.04. The molecule has 0 N–H and O–H groups in total. The second kappa shape index (κ2) is 6.51. The van der Waals surface area contributed by atoms with Crippen LogP contribution in [0.4, 0.5) is 0 Å². The number of rotatable bonds is 6. The van der Waals surface area contributed by atoms with Crippen LogP contribution in [0.1, 0.15) is 57.8 Å². The maximum absolute atomic E-state index is 6.09. The normalized spacial score (nSPS) is 24.4. The molecule has 0 atom stereocenters. The monoisotopic (exact) mass is 274 g/mol. The van der Waals surface area contributed by atoms with Crippen LogP contribution in [0.2, 0.25) is 0 Å². The van der Waals surface area contributed by atoms with Crippen molar-refractivity contribution in [2.24, 2.45) is 5.41 Å². The summed E-state index contributed by atoms with van der Waals surface area (Å²) >= 11 is 0. The summed E-state index contributed by atoms with van der Waals surface area (Å²) < 4.78 is 12.2. The van der Waals surface area contributed by atoms with E-state index in [-0.39, 0.29) is 5.41 Å². The van der Waals surface area contributed by atoms with Gasteiger partial charge in [-0.15, -0.1) is 0 Å². The zero-order valence-corrected chi connectivity index (χ0v) is 12.4. The van der Waals surface area contributed by atoms with Crippen LogP contribution in [0, 0.1) is 5.41 Å². The van der Waals surface area contributed by atoms with Gasteiger partial charge in [-0.2, -0.15) is 0 Å². The zero-order valence-electron chi connectivity index (χ0n) is 12.4. The van der Waals surface area contributed by atoms with Gasteiger partial charge in [0.25, 0.3) is 0 Å². The van der Waals surface area contributed by atoms with Crippen LogP contribution in [-0.4, -0.2) is 13.2 Å². The summed E-state index contributed by atoms with van der Waals surface area (Å²) in [6.07, 6.45) is 19.7. The Balaban J connectivity index is 1.56. The molecule has 110 valence electrons. The van der Waals surface area contributed by atoms with E-state index in [9.17, 15) is 0 Å². The number of hydrogen-bond donors (Lipinski definition) is 0. The summed E-state index contributed by atoms with van der Waals surface area (Å²) in [5, 5.41) is 0. The predicted octanol–water partition coefficient (Wildman–Crippen LogP) is 4.88. The van der Waals surface area contributed by atoms with Gasteiger partial charge in [-0.3, -0.25) is 0 Å². The maximum atomic E-state index is 6.09. The lowest BCUT2D eigenvalue weighted by Gasteiger charge is -2.34. The molecule has 0 bridgehead atoms. The smallest absolute Gasteiger partial charge is 0.0969 e. The largest absolute Gasteiger partial charge is 0.498 e. The van der Waals surface area contributed by atoms with E-state index in [1.807, 2.05) is 0 Å². The molecule has 0 radical (unpaired) electrons. The molecule has 3 aliphatic carbocycles. The van der Waals surface area contributed by atoms with Gasteiger partial charge in [0.05, 0.1) is 24.7 Å². The van der Waals surface area contributed by atoms with Crippen LogP contribution in [0.25, 0.3) is 0 Å². The minimum absolute atomic E-state index is 0.182. The van der Waals surface area contributed by atoms with E-state index in [0.29, 0.717) is 0 Å². The van der Waals surface area contributed by atoms with Crippen molar-refractivity contribution < 1.29 is 9.47 Å². The van der Waals surface area contributed by atoms with E-state index in [1.165, 1.54) is 43.6 Å². The number of ether oxygens (including phenoxy) is 2. The van der Waals surface area contributed by atoms with E-state index >= 15 is 0 Å². The van der Waals surface area contributed by atoms with Crippen LogP contribution >= 0.6 is 0 Å². The van der Waals surface area contributed by atoms with E-state index in [4.69, 9.17) is 9.47 Å². The van der Waals surface area contributed by atoms with Gasteiger partial charge in [0, 0.05) is 18.3 Å². The third-order valence-corrected chi connectivity index (χ3v) is 4.68. The van der Waals surface area contributed by atoms with Gasteiger partial charge in [-0.1, -0.05) is 12.2 Å². The molecule has 0 heterocycles. The Hall–Kier alpha value is -1.18. The third-order valence-electron chi connectivity index (χ3n) is 4.68. The van der Waals surface area contributed by atoms with E-state index in [0.717, 1.165) is 38.9 Å².